The SMILES string of the molecule is COC1=CCC2C(C)[C@H](C)CC[C@@]2(c2cc(OC)ccc2C)C1OC. The van der Waals surface area contributed by atoms with E-state index < -0.39 is 0 Å². The zero-order valence-corrected chi connectivity index (χ0v) is 16.5. The third-order valence-corrected chi connectivity index (χ3v) is 6.92. The molecule has 0 bridgehead atoms. The molecule has 1 aromatic carbocycles. The number of hydrogen-bond donors (Lipinski definition) is 0. The topological polar surface area (TPSA) is 27.7 Å². The van der Waals surface area contributed by atoms with Crippen LogP contribution in [0.1, 0.15) is 44.2 Å². The van der Waals surface area contributed by atoms with Crippen molar-refractivity contribution in [3.8, 4) is 5.75 Å². The lowest BCUT2D eigenvalue weighted by atomic mass is 9.51. The van der Waals surface area contributed by atoms with E-state index in [2.05, 4.69) is 45.0 Å². The van der Waals surface area contributed by atoms with Crippen LogP contribution in [0.3, 0.4) is 0 Å². The molecular formula is C22H32O3. The zero-order chi connectivity index (χ0) is 18.2. The van der Waals surface area contributed by atoms with Gasteiger partial charge >= 0.3 is 0 Å². The first-order valence-electron chi connectivity index (χ1n) is 9.41. The maximum atomic E-state index is 6.10. The number of methoxy groups -OCH3 is 3. The third-order valence-electron chi connectivity index (χ3n) is 6.92. The first kappa shape index (κ1) is 18.3. The second-order valence-corrected chi connectivity index (χ2v) is 7.86. The number of allylic oxidation sites excluding steroid dienone is 1. The molecule has 2 aliphatic rings. The van der Waals surface area contributed by atoms with Crippen LogP contribution in [0.5, 0.6) is 5.75 Å². The van der Waals surface area contributed by atoms with Gasteiger partial charge in [-0.05, 0) is 73.3 Å². The minimum absolute atomic E-state index is 0.0444. The molecule has 3 rings (SSSR count). The molecule has 3 nitrogen and oxygen atoms in total. The average molecular weight is 344 g/mol. The van der Waals surface area contributed by atoms with Gasteiger partial charge in [0, 0.05) is 12.5 Å². The van der Waals surface area contributed by atoms with Crippen molar-refractivity contribution < 1.29 is 14.2 Å². The van der Waals surface area contributed by atoms with Gasteiger partial charge in [-0.15, -0.1) is 0 Å². The summed E-state index contributed by atoms with van der Waals surface area (Å²) in [4.78, 5) is 0. The van der Waals surface area contributed by atoms with Crippen molar-refractivity contribution in [2.75, 3.05) is 21.3 Å². The van der Waals surface area contributed by atoms with E-state index in [0.29, 0.717) is 11.8 Å². The number of aryl methyl sites for hydroxylation is 1. The average Bonchev–Trinajstić information content (AvgIpc) is 2.64. The van der Waals surface area contributed by atoms with E-state index in [9.17, 15) is 0 Å². The fourth-order valence-corrected chi connectivity index (χ4v) is 5.36. The van der Waals surface area contributed by atoms with Gasteiger partial charge in [0.15, 0.2) is 0 Å². The van der Waals surface area contributed by atoms with E-state index >= 15 is 0 Å². The van der Waals surface area contributed by atoms with E-state index in [1.165, 1.54) is 17.5 Å². The van der Waals surface area contributed by atoms with Gasteiger partial charge in [-0.3, -0.25) is 0 Å². The molecule has 2 aliphatic carbocycles. The summed E-state index contributed by atoms with van der Waals surface area (Å²) >= 11 is 0. The molecule has 1 fully saturated rings. The van der Waals surface area contributed by atoms with Crippen LogP contribution in [-0.2, 0) is 14.9 Å². The third kappa shape index (κ3) is 2.77. The molecule has 0 heterocycles. The molecule has 0 N–H and O–H groups in total. The molecule has 3 heteroatoms. The maximum Gasteiger partial charge on any atom is 0.124 e. The Hall–Kier alpha value is -1.48. The van der Waals surface area contributed by atoms with Crippen LogP contribution in [0.4, 0.5) is 0 Å². The van der Waals surface area contributed by atoms with Crippen LogP contribution >= 0.6 is 0 Å². The predicted octanol–water partition coefficient (Wildman–Crippen LogP) is 4.87. The van der Waals surface area contributed by atoms with Crippen LogP contribution in [0, 0.1) is 24.7 Å². The van der Waals surface area contributed by atoms with Crippen LogP contribution in [0.25, 0.3) is 0 Å². The summed E-state index contributed by atoms with van der Waals surface area (Å²) < 4.78 is 17.4. The molecule has 0 aliphatic heterocycles. The lowest BCUT2D eigenvalue weighted by Gasteiger charge is -2.55. The van der Waals surface area contributed by atoms with E-state index in [4.69, 9.17) is 14.2 Å². The van der Waals surface area contributed by atoms with E-state index in [1.807, 2.05) is 7.11 Å². The Morgan fingerprint density at radius 3 is 2.48 bits per heavy atom. The van der Waals surface area contributed by atoms with Crippen molar-refractivity contribution in [2.45, 2.75) is 51.6 Å². The van der Waals surface area contributed by atoms with E-state index in [-0.39, 0.29) is 11.5 Å². The summed E-state index contributed by atoms with van der Waals surface area (Å²) in [5, 5.41) is 0. The van der Waals surface area contributed by atoms with E-state index in [0.717, 1.165) is 30.3 Å². The molecule has 0 radical (unpaired) electrons. The van der Waals surface area contributed by atoms with Crippen molar-refractivity contribution >= 4 is 0 Å². The van der Waals surface area contributed by atoms with Crippen LogP contribution in [-0.4, -0.2) is 27.4 Å². The van der Waals surface area contributed by atoms with E-state index in [1.54, 1.807) is 14.2 Å². The fraction of sp³-hybridized carbons (Fsp3) is 0.636. The Morgan fingerprint density at radius 2 is 1.84 bits per heavy atom. The number of fused-ring (bicyclic) bond motifs is 1. The highest BCUT2D eigenvalue weighted by Crippen LogP contribution is 2.57. The summed E-state index contributed by atoms with van der Waals surface area (Å²) in [6, 6.07) is 6.47. The molecule has 0 aromatic heterocycles. The number of ether oxygens (including phenoxy) is 3. The van der Waals surface area contributed by atoms with Crippen molar-refractivity contribution in [1.82, 2.24) is 0 Å². The van der Waals surface area contributed by atoms with Crippen molar-refractivity contribution in [3.63, 3.8) is 0 Å². The smallest absolute Gasteiger partial charge is 0.124 e. The molecule has 1 saturated carbocycles. The quantitative estimate of drug-likeness (QED) is 0.780. The monoisotopic (exact) mass is 344 g/mol. The normalized spacial score (nSPS) is 34.9. The summed E-state index contributed by atoms with van der Waals surface area (Å²) in [7, 11) is 5.32. The minimum Gasteiger partial charge on any atom is -0.499 e. The highest BCUT2D eigenvalue weighted by molar-refractivity contribution is 5.45. The Kier molecular flexibility index (Phi) is 5.15. The molecule has 5 atom stereocenters. The maximum absolute atomic E-state index is 6.10. The summed E-state index contributed by atoms with van der Waals surface area (Å²) in [6.45, 7) is 7.02. The van der Waals surface area contributed by atoms with Crippen molar-refractivity contribution in [1.29, 1.82) is 0 Å². The van der Waals surface area contributed by atoms with Gasteiger partial charge < -0.3 is 14.2 Å². The van der Waals surface area contributed by atoms with Gasteiger partial charge in [0.2, 0.25) is 0 Å². The first-order valence-corrected chi connectivity index (χ1v) is 9.41. The second-order valence-electron chi connectivity index (χ2n) is 7.86. The summed E-state index contributed by atoms with van der Waals surface area (Å²) in [5.41, 5.74) is 2.62. The van der Waals surface area contributed by atoms with Crippen molar-refractivity contribution in [2.24, 2.45) is 17.8 Å². The van der Waals surface area contributed by atoms with Crippen LogP contribution in [0.15, 0.2) is 30.0 Å². The highest BCUT2D eigenvalue weighted by Gasteiger charge is 2.56. The Balaban J connectivity index is 2.23. The van der Waals surface area contributed by atoms with Gasteiger partial charge in [0.1, 0.15) is 17.6 Å². The summed E-state index contributed by atoms with van der Waals surface area (Å²) in [6.07, 6.45) is 5.59. The molecule has 0 spiro atoms. The number of benzene rings is 1. The molecule has 3 unspecified atom stereocenters. The van der Waals surface area contributed by atoms with Gasteiger partial charge in [0.05, 0.1) is 14.2 Å². The van der Waals surface area contributed by atoms with Crippen LogP contribution in [0.2, 0.25) is 0 Å². The lowest BCUT2D eigenvalue weighted by Crippen LogP contribution is -2.55. The Bertz CT molecular complexity index is 651. The predicted molar refractivity (Wildman–Crippen MR) is 101 cm³/mol. The number of rotatable bonds is 4. The molecule has 0 amide bonds. The second kappa shape index (κ2) is 7.03. The highest BCUT2D eigenvalue weighted by atomic mass is 16.5. The largest absolute Gasteiger partial charge is 0.499 e. The summed E-state index contributed by atoms with van der Waals surface area (Å²) in [5.74, 6) is 3.82. The molecule has 25 heavy (non-hydrogen) atoms. The molecule has 1 aromatic rings. The van der Waals surface area contributed by atoms with Gasteiger partial charge in [-0.25, -0.2) is 0 Å². The zero-order valence-electron chi connectivity index (χ0n) is 16.5. The molecular weight excluding hydrogens is 312 g/mol. The van der Waals surface area contributed by atoms with Gasteiger partial charge in [-0.2, -0.15) is 0 Å². The number of hydrogen-bond acceptors (Lipinski definition) is 3. The molecule has 138 valence electrons. The van der Waals surface area contributed by atoms with Crippen LogP contribution < -0.4 is 4.74 Å². The Morgan fingerprint density at radius 1 is 1.08 bits per heavy atom. The molecule has 0 saturated heterocycles. The Labute approximate surface area is 152 Å². The standard InChI is InChI=1S/C22H32O3/c1-14-11-12-22(19-13-17(23-4)8-7-15(19)2)18(16(14)3)9-10-20(24-5)21(22)25-6/h7-8,10,13-14,16,18,21H,9,11-12H2,1-6H3/t14-,16?,18?,21?,22-/m1/s1. The minimum atomic E-state index is -0.0562. The van der Waals surface area contributed by atoms with Gasteiger partial charge in [-0.1, -0.05) is 19.9 Å². The lowest BCUT2D eigenvalue weighted by molar-refractivity contribution is -0.0603. The van der Waals surface area contributed by atoms with Crippen molar-refractivity contribution in [3.05, 3.63) is 41.2 Å². The van der Waals surface area contributed by atoms with Gasteiger partial charge in [0.25, 0.3) is 0 Å². The fourth-order valence-electron chi connectivity index (χ4n) is 5.36. The first-order chi connectivity index (χ1) is 12.0.